The second-order valence-corrected chi connectivity index (χ2v) is 13.0. The van der Waals surface area contributed by atoms with Gasteiger partial charge in [-0.15, -0.1) is 12.4 Å². The number of halogens is 5. The van der Waals surface area contributed by atoms with E-state index in [4.69, 9.17) is 0 Å². The number of carbonyl (C=O) groups excluding carboxylic acids is 1. The maximum absolute atomic E-state index is 14.2. The molecular formula is C37H40ClF4N7O2S. The number of H-pyrrole nitrogens is 1. The molecule has 3 aromatic heterocycles. The number of amides is 1. The van der Waals surface area contributed by atoms with Gasteiger partial charge in [-0.1, -0.05) is 62.9 Å². The summed E-state index contributed by atoms with van der Waals surface area (Å²) in [7, 11) is 0. The van der Waals surface area contributed by atoms with E-state index >= 15 is 0 Å². The fourth-order valence-electron chi connectivity index (χ4n) is 5.50. The molecule has 15 heteroatoms. The van der Waals surface area contributed by atoms with Crippen molar-refractivity contribution in [2.24, 2.45) is 0 Å². The van der Waals surface area contributed by atoms with E-state index in [9.17, 15) is 27.2 Å². The van der Waals surface area contributed by atoms with Crippen molar-refractivity contribution in [1.29, 1.82) is 0 Å². The van der Waals surface area contributed by atoms with Crippen LogP contribution in [0.3, 0.4) is 0 Å². The molecule has 5 rings (SSSR count). The first-order valence-corrected chi connectivity index (χ1v) is 17.5. The summed E-state index contributed by atoms with van der Waals surface area (Å²) < 4.78 is 54.4. The number of alkyl halides is 3. The number of likely N-dealkylation sites (N-methyl/N-ethyl adjacent to an activating group) is 1. The number of hydrogen-bond donors (Lipinski definition) is 1. The molecule has 5 aromatic rings. The van der Waals surface area contributed by atoms with Crippen molar-refractivity contribution < 1.29 is 22.4 Å². The number of carbonyl (C=O) groups is 1. The van der Waals surface area contributed by atoms with Gasteiger partial charge in [-0.25, -0.2) is 4.39 Å². The van der Waals surface area contributed by atoms with Crippen LogP contribution in [0, 0.1) is 5.82 Å². The molecule has 0 aliphatic heterocycles. The normalized spacial score (nSPS) is 12.1. The van der Waals surface area contributed by atoms with Crippen LogP contribution in [0.5, 0.6) is 0 Å². The van der Waals surface area contributed by atoms with Crippen LogP contribution in [-0.4, -0.2) is 66.6 Å². The summed E-state index contributed by atoms with van der Waals surface area (Å²) in [5, 5.41) is 7.13. The van der Waals surface area contributed by atoms with E-state index in [0.717, 1.165) is 36.3 Å². The van der Waals surface area contributed by atoms with Crippen LogP contribution in [-0.2, 0) is 29.8 Å². The summed E-state index contributed by atoms with van der Waals surface area (Å²) in [5.74, 6) is -0.507. The average Bonchev–Trinajstić information content (AvgIpc) is 3.67. The number of thioether (sulfide) groups is 1. The van der Waals surface area contributed by atoms with Crippen LogP contribution in [0.25, 0.3) is 11.1 Å². The lowest BCUT2D eigenvalue weighted by Crippen LogP contribution is -2.40. The maximum atomic E-state index is 14.2. The first kappa shape index (κ1) is 40.2. The van der Waals surface area contributed by atoms with Gasteiger partial charge in [0, 0.05) is 54.5 Å². The lowest BCUT2D eigenvalue weighted by atomic mass is 9.98. The number of pyridine rings is 1. The molecule has 1 amide bonds. The van der Waals surface area contributed by atoms with Gasteiger partial charge in [0.2, 0.25) is 5.91 Å². The molecule has 3 heterocycles. The molecule has 52 heavy (non-hydrogen) atoms. The van der Waals surface area contributed by atoms with Crippen molar-refractivity contribution in [2.45, 2.75) is 56.9 Å². The second kappa shape index (κ2) is 18.3. The summed E-state index contributed by atoms with van der Waals surface area (Å²) in [4.78, 5) is 40.3. The zero-order chi connectivity index (χ0) is 36.5. The number of hydrogen-bond acceptors (Lipinski definition) is 7. The molecule has 0 aliphatic rings. The zero-order valence-corrected chi connectivity index (χ0v) is 30.6. The lowest BCUT2D eigenvalue weighted by Gasteiger charge is -2.27. The Morgan fingerprint density at radius 3 is 2.25 bits per heavy atom. The molecule has 0 bridgehead atoms. The first-order valence-electron chi connectivity index (χ1n) is 16.5. The first-order chi connectivity index (χ1) is 24.4. The van der Waals surface area contributed by atoms with Gasteiger partial charge in [0.1, 0.15) is 12.4 Å². The Hall–Kier alpha value is -4.53. The Bertz CT molecular complexity index is 1940. The predicted octanol–water partition coefficient (Wildman–Crippen LogP) is 7.42. The van der Waals surface area contributed by atoms with Crippen LogP contribution in [0.15, 0.2) is 95.4 Å². The Balaban J connectivity index is 0.00000605. The van der Waals surface area contributed by atoms with Crippen molar-refractivity contribution in [3.05, 3.63) is 130 Å². The number of benzene rings is 2. The Morgan fingerprint density at radius 1 is 0.962 bits per heavy atom. The summed E-state index contributed by atoms with van der Waals surface area (Å²) in [6.07, 6.45) is 2.19. The molecule has 0 radical (unpaired) electrons. The highest BCUT2D eigenvalue weighted by atomic mass is 35.5. The minimum absolute atomic E-state index is 0. The Morgan fingerprint density at radius 2 is 1.65 bits per heavy atom. The van der Waals surface area contributed by atoms with Crippen molar-refractivity contribution in [2.75, 3.05) is 26.2 Å². The number of nitrogens with zero attached hydrogens (tertiary/aromatic N) is 6. The fourth-order valence-corrected chi connectivity index (χ4v) is 6.42. The Labute approximate surface area is 309 Å². The highest BCUT2D eigenvalue weighted by molar-refractivity contribution is 7.98. The third kappa shape index (κ3) is 10.5. The molecule has 0 aliphatic carbocycles. The molecule has 276 valence electrons. The second-order valence-electron chi connectivity index (χ2n) is 12.0. The minimum atomic E-state index is -4.42. The Kier molecular flexibility index (Phi) is 14.2. The monoisotopic (exact) mass is 757 g/mol. The third-order valence-electron chi connectivity index (χ3n) is 8.71. The zero-order valence-electron chi connectivity index (χ0n) is 28.9. The minimum Gasteiger partial charge on any atom is -0.334 e. The highest BCUT2D eigenvalue weighted by Gasteiger charge is 2.30. The molecule has 0 spiro atoms. The van der Waals surface area contributed by atoms with E-state index in [0.29, 0.717) is 46.4 Å². The van der Waals surface area contributed by atoms with Crippen LogP contribution in [0.2, 0.25) is 0 Å². The van der Waals surface area contributed by atoms with Gasteiger partial charge in [-0.2, -0.15) is 23.3 Å². The topological polar surface area (TPSA) is 100 Å². The molecule has 1 atom stereocenters. The lowest BCUT2D eigenvalue weighted by molar-refractivity contribution is -0.137. The van der Waals surface area contributed by atoms with Gasteiger partial charge in [0.15, 0.2) is 5.16 Å². The van der Waals surface area contributed by atoms with Gasteiger partial charge in [-0.05, 0) is 60.1 Å². The van der Waals surface area contributed by atoms with E-state index in [2.05, 4.69) is 38.9 Å². The van der Waals surface area contributed by atoms with Crippen molar-refractivity contribution in [3.63, 3.8) is 0 Å². The predicted molar refractivity (Wildman–Crippen MR) is 196 cm³/mol. The molecular weight excluding hydrogens is 718 g/mol. The number of rotatable bonds is 15. The average molecular weight is 758 g/mol. The highest BCUT2D eigenvalue weighted by Crippen LogP contribution is 2.31. The van der Waals surface area contributed by atoms with E-state index < -0.39 is 17.3 Å². The summed E-state index contributed by atoms with van der Waals surface area (Å²) in [6.45, 7) is 8.71. The number of nitrogens with one attached hydrogen (secondary N) is 1. The van der Waals surface area contributed by atoms with Crippen LogP contribution >= 0.6 is 24.2 Å². The SMILES string of the molecule is CCN(CC)CCN(Cc1ccc(-c2ccc(C(F)(F)F)cc2)cn1)C(=O)Cn1cc(C(C)c2cn[nH]c2)c(=O)nc1SCc1ccc(F)cc1.Cl. The summed E-state index contributed by atoms with van der Waals surface area (Å²) in [6, 6.07) is 14.5. The molecule has 9 nitrogen and oxygen atoms in total. The molecule has 1 N–H and O–H groups in total. The molecule has 1 unspecified atom stereocenters. The van der Waals surface area contributed by atoms with E-state index in [1.165, 1.54) is 36.0 Å². The largest absolute Gasteiger partial charge is 0.416 e. The molecule has 2 aromatic carbocycles. The standard InChI is InChI=1S/C37H39F4N7O2S.ClH/c1-4-46(5-2)16-17-47(21-32-15-10-28(18-42-32)27-8-11-30(12-9-27)37(39,40)41)34(49)23-48-22-33(25(3)29-19-43-44-20-29)35(50)45-36(48)51-24-26-6-13-31(38)14-7-26;/h6-15,18-20,22,25H,4-5,16-17,21,23-24H2,1-3H3,(H,43,44);1H. The van der Waals surface area contributed by atoms with Crippen LogP contribution in [0.1, 0.15) is 54.6 Å². The van der Waals surface area contributed by atoms with Crippen molar-refractivity contribution in [3.8, 4) is 11.1 Å². The number of aromatic nitrogens is 5. The molecule has 0 fully saturated rings. The maximum Gasteiger partial charge on any atom is 0.416 e. The molecule has 0 saturated heterocycles. The van der Waals surface area contributed by atoms with E-state index in [1.807, 2.05) is 6.92 Å². The molecule has 0 saturated carbocycles. The summed E-state index contributed by atoms with van der Waals surface area (Å²) >= 11 is 1.28. The van der Waals surface area contributed by atoms with Gasteiger partial charge < -0.3 is 14.4 Å². The van der Waals surface area contributed by atoms with Gasteiger partial charge >= 0.3 is 6.18 Å². The van der Waals surface area contributed by atoms with E-state index in [-0.39, 0.29) is 43.1 Å². The van der Waals surface area contributed by atoms with Gasteiger partial charge in [0.25, 0.3) is 5.56 Å². The van der Waals surface area contributed by atoms with Crippen LogP contribution < -0.4 is 5.56 Å². The van der Waals surface area contributed by atoms with Crippen LogP contribution in [0.4, 0.5) is 17.6 Å². The van der Waals surface area contributed by atoms with Crippen molar-refractivity contribution >= 4 is 30.1 Å². The van der Waals surface area contributed by atoms with E-state index in [1.54, 1.807) is 58.5 Å². The summed E-state index contributed by atoms with van der Waals surface area (Å²) in [5.41, 5.74) is 2.74. The number of aromatic amines is 1. The van der Waals surface area contributed by atoms with Gasteiger partial charge in [0.05, 0.1) is 24.0 Å². The smallest absolute Gasteiger partial charge is 0.334 e. The quantitative estimate of drug-likeness (QED) is 0.0674. The fraction of sp³-hybridized carbons (Fsp3) is 0.324. The van der Waals surface area contributed by atoms with Crippen molar-refractivity contribution in [1.82, 2.24) is 34.5 Å². The third-order valence-corrected chi connectivity index (χ3v) is 9.78. The van der Waals surface area contributed by atoms with Gasteiger partial charge in [-0.3, -0.25) is 19.7 Å².